The van der Waals surface area contributed by atoms with Gasteiger partial charge in [0.15, 0.2) is 11.5 Å². The molecule has 0 spiro atoms. The van der Waals surface area contributed by atoms with Crippen LogP contribution in [0.4, 0.5) is 0 Å². The third-order valence-corrected chi connectivity index (χ3v) is 4.21. The fourth-order valence-corrected chi connectivity index (χ4v) is 2.92. The van der Waals surface area contributed by atoms with Crippen molar-refractivity contribution in [2.75, 3.05) is 19.8 Å². The zero-order valence-electron chi connectivity index (χ0n) is 11.4. The molecule has 3 rings (SSSR count). The summed E-state index contributed by atoms with van der Waals surface area (Å²) in [5.41, 5.74) is 6.27. The summed E-state index contributed by atoms with van der Waals surface area (Å²) >= 11 is 3.42. The standard InChI is InChI=1S/C14H17BrN2O3.ClH/c15-10-5-9(6-12-13(10)20-4-3-19-12)14(18)17-11(7-16)8-1-2-8;/h5-6,8,11H,1-4,7,16H2,(H,17,18);1H. The highest BCUT2D eigenvalue weighted by Gasteiger charge is 2.31. The van der Waals surface area contributed by atoms with Gasteiger partial charge < -0.3 is 20.5 Å². The zero-order chi connectivity index (χ0) is 14.1. The molecule has 7 heteroatoms. The average molecular weight is 378 g/mol. The van der Waals surface area contributed by atoms with Crippen LogP contribution in [-0.4, -0.2) is 31.7 Å². The Morgan fingerprint density at radius 2 is 2.10 bits per heavy atom. The van der Waals surface area contributed by atoms with Crippen LogP contribution >= 0.6 is 28.3 Å². The fourth-order valence-electron chi connectivity index (χ4n) is 2.36. The number of hydrogen-bond acceptors (Lipinski definition) is 4. The van der Waals surface area contributed by atoms with Crippen LogP contribution in [0.1, 0.15) is 23.2 Å². The van der Waals surface area contributed by atoms with Crippen molar-refractivity contribution in [3.63, 3.8) is 0 Å². The molecule has 0 bridgehead atoms. The number of rotatable bonds is 4. The topological polar surface area (TPSA) is 73.6 Å². The van der Waals surface area contributed by atoms with Crippen LogP contribution in [0.2, 0.25) is 0 Å². The monoisotopic (exact) mass is 376 g/mol. The number of fused-ring (bicyclic) bond motifs is 1. The Hall–Kier alpha value is -0.980. The number of nitrogens with one attached hydrogen (secondary N) is 1. The fraction of sp³-hybridized carbons (Fsp3) is 0.500. The van der Waals surface area contributed by atoms with Gasteiger partial charge in [-0.15, -0.1) is 12.4 Å². The molecule has 21 heavy (non-hydrogen) atoms. The summed E-state index contributed by atoms with van der Waals surface area (Å²) in [5, 5.41) is 3.00. The zero-order valence-corrected chi connectivity index (χ0v) is 13.8. The Morgan fingerprint density at radius 1 is 1.38 bits per heavy atom. The quantitative estimate of drug-likeness (QED) is 0.843. The lowest BCUT2D eigenvalue weighted by atomic mass is 10.1. The van der Waals surface area contributed by atoms with Crippen molar-refractivity contribution in [2.24, 2.45) is 11.7 Å². The summed E-state index contributed by atoms with van der Waals surface area (Å²) < 4.78 is 11.8. The van der Waals surface area contributed by atoms with Gasteiger partial charge in [0.1, 0.15) is 13.2 Å². The van der Waals surface area contributed by atoms with Gasteiger partial charge in [-0.2, -0.15) is 0 Å². The first-order chi connectivity index (χ1) is 9.69. The molecule has 1 amide bonds. The first-order valence-corrected chi connectivity index (χ1v) is 7.58. The van der Waals surface area contributed by atoms with Gasteiger partial charge >= 0.3 is 0 Å². The molecule has 5 nitrogen and oxygen atoms in total. The molecule has 1 aromatic rings. The summed E-state index contributed by atoms with van der Waals surface area (Å²) in [6.45, 7) is 1.49. The van der Waals surface area contributed by atoms with E-state index in [-0.39, 0.29) is 24.4 Å². The van der Waals surface area contributed by atoms with Gasteiger partial charge in [0.2, 0.25) is 0 Å². The van der Waals surface area contributed by atoms with E-state index in [4.69, 9.17) is 15.2 Å². The molecule has 1 saturated carbocycles. The number of carbonyl (C=O) groups excluding carboxylic acids is 1. The normalized spacial score (nSPS) is 17.6. The van der Waals surface area contributed by atoms with Gasteiger partial charge in [-0.25, -0.2) is 0 Å². The van der Waals surface area contributed by atoms with Gasteiger partial charge in [-0.3, -0.25) is 4.79 Å². The minimum atomic E-state index is -0.120. The summed E-state index contributed by atoms with van der Waals surface area (Å²) in [7, 11) is 0. The first-order valence-electron chi connectivity index (χ1n) is 6.79. The Labute approximate surface area is 138 Å². The Morgan fingerprint density at radius 3 is 2.76 bits per heavy atom. The van der Waals surface area contributed by atoms with Crippen molar-refractivity contribution in [3.05, 3.63) is 22.2 Å². The van der Waals surface area contributed by atoms with E-state index >= 15 is 0 Å². The molecule has 1 fully saturated rings. The number of ether oxygens (including phenoxy) is 2. The lowest BCUT2D eigenvalue weighted by molar-refractivity contribution is 0.0932. The van der Waals surface area contributed by atoms with Crippen LogP contribution < -0.4 is 20.5 Å². The van der Waals surface area contributed by atoms with Crippen LogP contribution in [0.3, 0.4) is 0 Å². The minimum absolute atomic E-state index is 0. The number of hydrogen-bond donors (Lipinski definition) is 2. The second-order valence-corrected chi connectivity index (χ2v) is 5.99. The largest absolute Gasteiger partial charge is 0.486 e. The maximum atomic E-state index is 12.3. The van der Waals surface area contributed by atoms with E-state index in [2.05, 4.69) is 21.2 Å². The SMILES string of the molecule is Cl.NCC(NC(=O)c1cc(Br)c2c(c1)OCCO2)C1CC1. The second-order valence-electron chi connectivity index (χ2n) is 5.14. The molecule has 1 aliphatic carbocycles. The summed E-state index contributed by atoms with van der Waals surface area (Å²) in [6, 6.07) is 3.53. The van der Waals surface area contributed by atoms with Gasteiger partial charge in [0.25, 0.3) is 5.91 Å². The van der Waals surface area contributed by atoms with Crippen molar-refractivity contribution in [1.29, 1.82) is 0 Å². The molecule has 1 unspecified atom stereocenters. The molecule has 2 aliphatic rings. The molecule has 0 radical (unpaired) electrons. The maximum Gasteiger partial charge on any atom is 0.251 e. The van der Waals surface area contributed by atoms with E-state index < -0.39 is 0 Å². The van der Waals surface area contributed by atoms with Gasteiger partial charge in [0.05, 0.1) is 4.47 Å². The molecule has 0 aromatic heterocycles. The molecule has 116 valence electrons. The van der Waals surface area contributed by atoms with Crippen molar-refractivity contribution in [1.82, 2.24) is 5.32 Å². The average Bonchev–Trinajstić information content (AvgIpc) is 3.29. The highest BCUT2D eigenvalue weighted by Crippen LogP contribution is 2.38. The van der Waals surface area contributed by atoms with Gasteiger partial charge in [-0.1, -0.05) is 0 Å². The highest BCUT2D eigenvalue weighted by atomic mass is 79.9. The van der Waals surface area contributed by atoms with E-state index in [0.717, 1.165) is 17.3 Å². The lowest BCUT2D eigenvalue weighted by Gasteiger charge is -2.21. The molecule has 3 N–H and O–H groups in total. The molecule has 1 heterocycles. The Bertz CT molecular complexity index is 537. The number of amides is 1. The van der Waals surface area contributed by atoms with E-state index in [9.17, 15) is 4.79 Å². The third-order valence-electron chi connectivity index (χ3n) is 3.62. The maximum absolute atomic E-state index is 12.3. The van der Waals surface area contributed by atoms with E-state index in [0.29, 0.717) is 42.7 Å². The van der Waals surface area contributed by atoms with Crippen LogP contribution in [0.15, 0.2) is 16.6 Å². The number of carbonyl (C=O) groups is 1. The third kappa shape index (κ3) is 3.62. The smallest absolute Gasteiger partial charge is 0.251 e. The van der Waals surface area contributed by atoms with Crippen LogP contribution in [0, 0.1) is 5.92 Å². The predicted octanol–water partition coefficient (Wildman–Crippen LogP) is 2.11. The Balaban J connectivity index is 0.00000161. The van der Waals surface area contributed by atoms with E-state index in [1.54, 1.807) is 12.1 Å². The second kappa shape index (κ2) is 6.85. The molecular weight excluding hydrogens is 360 g/mol. The minimum Gasteiger partial charge on any atom is -0.486 e. The van der Waals surface area contributed by atoms with Crippen LogP contribution in [0.25, 0.3) is 0 Å². The molecular formula is C14H18BrClN2O3. The van der Waals surface area contributed by atoms with Crippen molar-refractivity contribution in [2.45, 2.75) is 18.9 Å². The first kappa shape index (κ1) is 16.4. The highest BCUT2D eigenvalue weighted by molar-refractivity contribution is 9.10. The summed E-state index contributed by atoms with van der Waals surface area (Å²) in [4.78, 5) is 12.3. The molecule has 0 saturated heterocycles. The van der Waals surface area contributed by atoms with Crippen LogP contribution in [0.5, 0.6) is 11.5 Å². The summed E-state index contributed by atoms with van der Waals surface area (Å²) in [6.07, 6.45) is 2.29. The summed E-state index contributed by atoms with van der Waals surface area (Å²) in [5.74, 6) is 1.67. The van der Waals surface area contributed by atoms with Crippen molar-refractivity contribution >= 4 is 34.2 Å². The van der Waals surface area contributed by atoms with Crippen molar-refractivity contribution in [3.8, 4) is 11.5 Å². The van der Waals surface area contributed by atoms with E-state index in [1.165, 1.54) is 0 Å². The molecule has 1 atom stereocenters. The Kier molecular flexibility index (Phi) is 5.35. The predicted molar refractivity (Wildman–Crippen MR) is 85.4 cm³/mol. The number of nitrogens with two attached hydrogens (primary N) is 1. The van der Waals surface area contributed by atoms with Gasteiger partial charge in [0, 0.05) is 18.2 Å². The lowest BCUT2D eigenvalue weighted by Crippen LogP contribution is -2.41. The van der Waals surface area contributed by atoms with E-state index in [1.807, 2.05) is 0 Å². The number of halogens is 2. The molecule has 1 aromatic carbocycles. The van der Waals surface area contributed by atoms with Crippen molar-refractivity contribution < 1.29 is 14.3 Å². The molecule has 1 aliphatic heterocycles. The number of benzene rings is 1. The van der Waals surface area contributed by atoms with Gasteiger partial charge in [-0.05, 0) is 46.8 Å². The van der Waals surface area contributed by atoms with Crippen LogP contribution in [-0.2, 0) is 0 Å².